The molecular weight excluding hydrogens is 164 g/mol. The van der Waals surface area contributed by atoms with Gasteiger partial charge in [-0.25, -0.2) is 0 Å². The van der Waals surface area contributed by atoms with Gasteiger partial charge in [0, 0.05) is 6.20 Å². The number of rotatable bonds is 1. The molecule has 1 aromatic heterocycles. The van der Waals surface area contributed by atoms with Crippen molar-refractivity contribution in [3.05, 3.63) is 30.0 Å². The van der Waals surface area contributed by atoms with Gasteiger partial charge in [-0.3, -0.25) is 0 Å². The zero-order valence-electron chi connectivity index (χ0n) is 7.16. The van der Waals surface area contributed by atoms with Crippen molar-refractivity contribution in [1.29, 1.82) is 5.26 Å². The molecule has 0 amide bonds. The van der Waals surface area contributed by atoms with E-state index in [0.29, 0.717) is 5.56 Å². The normalized spacial score (nSPS) is 9.85. The van der Waals surface area contributed by atoms with Crippen LogP contribution in [-0.4, -0.2) is 12.1 Å². The summed E-state index contributed by atoms with van der Waals surface area (Å²) in [4.78, 5) is 3.01. The van der Waals surface area contributed by atoms with Crippen molar-refractivity contribution < 1.29 is 4.74 Å². The van der Waals surface area contributed by atoms with E-state index in [1.165, 1.54) is 0 Å². The van der Waals surface area contributed by atoms with Crippen LogP contribution in [-0.2, 0) is 0 Å². The maximum Gasteiger partial charge on any atom is 0.129 e. The largest absolute Gasteiger partial charge is 0.496 e. The van der Waals surface area contributed by atoms with E-state index in [2.05, 4.69) is 11.1 Å². The Labute approximate surface area is 75.6 Å². The van der Waals surface area contributed by atoms with Crippen LogP contribution in [0.1, 0.15) is 5.56 Å². The van der Waals surface area contributed by atoms with E-state index in [0.717, 1.165) is 16.7 Å². The number of aromatic amines is 1. The number of H-pyrrole nitrogens is 1. The Balaban J connectivity index is 2.85. The predicted molar refractivity (Wildman–Crippen MR) is 49.6 cm³/mol. The quantitative estimate of drug-likeness (QED) is 0.715. The molecule has 0 unspecified atom stereocenters. The van der Waals surface area contributed by atoms with Crippen LogP contribution >= 0.6 is 0 Å². The molecule has 0 atom stereocenters. The molecule has 0 saturated heterocycles. The highest BCUT2D eigenvalue weighted by Gasteiger charge is 2.07. The molecule has 0 saturated carbocycles. The number of ether oxygens (including phenoxy) is 1. The molecule has 3 nitrogen and oxygen atoms in total. The summed E-state index contributed by atoms with van der Waals surface area (Å²) in [6, 6.07) is 7.76. The molecule has 3 heteroatoms. The van der Waals surface area contributed by atoms with Gasteiger partial charge in [-0.2, -0.15) is 5.26 Å². The molecular formula is C10H8N2O. The van der Waals surface area contributed by atoms with Crippen molar-refractivity contribution in [3.63, 3.8) is 0 Å². The third-order valence-corrected chi connectivity index (χ3v) is 2.01. The maximum absolute atomic E-state index is 8.82. The Bertz CT molecular complexity index is 479. The number of nitriles is 1. The second-order valence-electron chi connectivity index (χ2n) is 2.70. The molecule has 0 radical (unpaired) electrons. The average molecular weight is 172 g/mol. The van der Waals surface area contributed by atoms with Crippen molar-refractivity contribution in [2.45, 2.75) is 0 Å². The summed E-state index contributed by atoms with van der Waals surface area (Å²) in [5.41, 5.74) is 1.54. The monoisotopic (exact) mass is 172 g/mol. The van der Waals surface area contributed by atoms with Gasteiger partial charge in [0.05, 0.1) is 23.6 Å². The fourth-order valence-corrected chi connectivity index (χ4v) is 1.41. The first-order valence-electron chi connectivity index (χ1n) is 3.91. The van der Waals surface area contributed by atoms with Crippen LogP contribution in [0.3, 0.4) is 0 Å². The van der Waals surface area contributed by atoms with E-state index in [1.807, 2.05) is 18.2 Å². The Hall–Kier alpha value is -1.95. The van der Waals surface area contributed by atoms with Crippen LogP contribution in [0.4, 0.5) is 0 Å². The fourth-order valence-electron chi connectivity index (χ4n) is 1.41. The molecule has 1 heterocycles. The molecule has 2 rings (SSSR count). The number of fused-ring (bicyclic) bond motifs is 1. The lowest BCUT2D eigenvalue weighted by molar-refractivity contribution is 0.420. The summed E-state index contributed by atoms with van der Waals surface area (Å²) < 4.78 is 5.16. The number of hydrogen-bond donors (Lipinski definition) is 1. The van der Waals surface area contributed by atoms with Gasteiger partial charge in [0.25, 0.3) is 0 Å². The first-order chi connectivity index (χ1) is 6.36. The van der Waals surface area contributed by atoms with Crippen molar-refractivity contribution in [1.82, 2.24) is 4.98 Å². The molecule has 13 heavy (non-hydrogen) atoms. The molecule has 0 aliphatic rings. The average Bonchev–Trinajstić information content (AvgIpc) is 2.60. The molecule has 0 spiro atoms. The van der Waals surface area contributed by atoms with Gasteiger partial charge < -0.3 is 9.72 Å². The number of nitrogens with zero attached hydrogens (tertiary/aromatic N) is 1. The lowest BCUT2D eigenvalue weighted by Gasteiger charge is -2.00. The highest BCUT2D eigenvalue weighted by atomic mass is 16.5. The zero-order valence-corrected chi connectivity index (χ0v) is 7.16. The van der Waals surface area contributed by atoms with Gasteiger partial charge in [0.2, 0.25) is 0 Å². The van der Waals surface area contributed by atoms with Gasteiger partial charge in [-0.1, -0.05) is 6.07 Å². The van der Waals surface area contributed by atoms with Crippen molar-refractivity contribution in [2.75, 3.05) is 7.11 Å². The second kappa shape index (κ2) is 2.83. The number of methoxy groups -OCH3 is 1. The van der Waals surface area contributed by atoms with Gasteiger partial charge in [0.15, 0.2) is 0 Å². The Kier molecular flexibility index (Phi) is 1.67. The van der Waals surface area contributed by atoms with Crippen LogP contribution in [0.15, 0.2) is 24.4 Å². The fraction of sp³-hybridized carbons (Fsp3) is 0.100. The van der Waals surface area contributed by atoms with Crippen LogP contribution in [0.5, 0.6) is 5.75 Å². The third kappa shape index (κ3) is 1.04. The first kappa shape index (κ1) is 7.69. The van der Waals surface area contributed by atoms with Crippen LogP contribution in [0.25, 0.3) is 10.9 Å². The highest BCUT2D eigenvalue weighted by Crippen LogP contribution is 2.27. The SMILES string of the molecule is COc1cccc2[nH]cc(C#N)c12. The Morgan fingerprint density at radius 2 is 2.31 bits per heavy atom. The van der Waals surface area contributed by atoms with Gasteiger partial charge >= 0.3 is 0 Å². The van der Waals surface area contributed by atoms with Crippen LogP contribution in [0, 0.1) is 11.3 Å². The molecule has 1 N–H and O–H groups in total. The number of nitrogens with one attached hydrogen (secondary N) is 1. The maximum atomic E-state index is 8.82. The first-order valence-corrected chi connectivity index (χ1v) is 3.91. The molecule has 0 bridgehead atoms. The summed E-state index contributed by atoms with van der Waals surface area (Å²) >= 11 is 0. The lowest BCUT2D eigenvalue weighted by Crippen LogP contribution is -1.83. The molecule has 0 fully saturated rings. The van der Waals surface area contributed by atoms with Crippen molar-refractivity contribution in [2.24, 2.45) is 0 Å². The van der Waals surface area contributed by atoms with E-state index >= 15 is 0 Å². The van der Waals surface area contributed by atoms with Gasteiger partial charge in [-0.15, -0.1) is 0 Å². The van der Waals surface area contributed by atoms with Crippen molar-refractivity contribution in [3.8, 4) is 11.8 Å². The Morgan fingerprint density at radius 1 is 1.46 bits per heavy atom. The van der Waals surface area contributed by atoms with E-state index in [9.17, 15) is 0 Å². The zero-order chi connectivity index (χ0) is 9.26. The summed E-state index contributed by atoms with van der Waals surface area (Å²) in [5, 5.41) is 9.67. The van der Waals surface area contributed by atoms with Gasteiger partial charge in [-0.05, 0) is 12.1 Å². The number of aromatic nitrogens is 1. The smallest absolute Gasteiger partial charge is 0.129 e. The molecule has 0 aliphatic carbocycles. The molecule has 0 aliphatic heterocycles. The predicted octanol–water partition coefficient (Wildman–Crippen LogP) is 2.05. The van der Waals surface area contributed by atoms with E-state index < -0.39 is 0 Å². The molecule has 64 valence electrons. The number of benzene rings is 1. The third-order valence-electron chi connectivity index (χ3n) is 2.01. The lowest BCUT2D eigenvalue weighted by atomic mass is 10.2. The Morgan fingerprint density at radius 3 is 3.00 bits per heavy atom. The summed E-state index contributed by atoms with van der Waals surface area (Å²) in [5.74, 6) is 0.732. The second-order valence-corrected chi connectivity index (χ2v) is 2.70. The summed E-state index contributed by atoms with van der Waals surface area (Å²) in [6.45, 7) is 0. The molecule has 1 aromatic carbocycles. The van der Waals surface area contributed by atoms with E-state index in [1.54, 1.807) is 13.3 Å². The minimum absolute atomic E-state index is 0.618. The summed E-state index contributed by atoms with van der Waals surface area (Å²) in [7, 11) is 1.60. The van der Waals surface area contributed by atoms with Crippen LogP contribution < -0.4 is 4.74 Å². The highest BCUT2D eigenvalue weighted by molar-refractivity contribution is 5.91. The van der Waals surface area contributed by atoms with E-state index in [-0.39, 0.29) is 0 Å². The van der Waals surface area contributed by atoms with Crippen LogP contribution in [0.2, 0.25) is 0 Å². The van der Waals surface area contributed by atoms with Gasteiger partial charge in [0.1, 0.15) is 11.8 Å². The minimum Gasteiger partial charge on any atom is -0.496 e. The van der Waals surface area contributed by atoms with Crippen molar-refractivity contribution >= 4 is 10.9 Å². The van der Waals surface area contributed by atoms with E-state index in [4.69, 9.17) is 10.00 Å². The summed E-state index contributed by atoms with van der Waals surface area (Å²) in [6.07, 6.45) is 1.69. The topological polar surface area (TPSA) is 48.8 Å². The minimum atomic E-state index is 0.618. The number of hydrogen-bond acceptors (Lipinski definition) is 2. The standard InChI is InChI=1S/C10H8N2O/c1-13-9-4-2-3-8-10(9)7(5-11)6-12-8/h2-4,6,12H,1H3. The molecule has 2 aromatic rings.